The van der Waals surface area contributed by atoms with Crippen LogP contribution in [0.25, 0.3) is 0 Å². The van der Waals surface area contributed by atoms with Crippen LogP contribution >= 0.6 is 0 Å². The molecule has 0 aliphatic heterocycles. The molecule has 120 valence electrons. The molecule has 6 nitrogen and oxygen atoms in total. The first-order valence-electron chi connectivity index (χ1n) is 7.05. The second kappa shape index (κ2) is 8.17. The number of alkyl carbamates (subject to hydrolysis) is 1. The van der Waals surface area contributed by atoms with Crippen molar-refractivity contribution in [2.24, 2.45) is 0 Å². The Hall–Kier alpha value is -2.37. The van der Waals surface area contributed by atoms with Gasteiger partial charge in [0.25, 0.3) is 0 Å². The van der Waals surface area contributed by atoms with Gasteiger partial charge < -0.3 is 14.8 Å². The van der Waals surface area contributed by atoms with Gasteiger partial charge in [0.05, 0.1) is 5.56 Å². The van der Waals surface area contributed by atoms with Gasteiger partial charge in [-0.2, -0.15) is 0 Å². The molecule has 22 heavy (non-hydrogen) atoms. The Kier molecular flexibility index (Phi) is 6.56. The van der Waals surface area contributed by atoms with E-state index in [1.165, 1.54) is 0 Å². The predicted molar refractivity (Wildman–Crippen MR) is 80.3 cm³/mol. The molecule has 0 saturated carbocycles. The van der Waals surface area contributed by atoms with Crippen molar-refractivity contribution < 1.29 is 23.9 Å². The summed E-state index contributed by atoms with van der Waals surface area (Å²) in [5.41, 5.74) is -0.225. The summed E-state index contributed by atoms with van der Waals surface area (Å²) in [4.78, 5) is 34.5. The van der Waals surface area contributed by atoms with Crippen LogP contribution < -0.4 is 5.32 Å². The van der Waals surface area contributed by atoms with Crippen LogP contribution in [0.15, 0.2) is 30.3 Å². The molecule has 1 N–H and O–H groups in total. The van der Waals surface area contributed by atoms with Gasteiger partial charge in [0.2, 0.25) is 0 Å². The van der Waals surface area contributed by atoms with Gasteiger partial charge in [-0.15, -0.1) is 0 Å². The van der Waals surface area contributed by atoms with Crippen molar-refractivity contribution in [2.45, 2.75) is 39.2 Å². The third kappa shape index (κ3) is 7.42. The highest BCUT2D eigenvalue weighted by atomic mass is 16.6. The van der Waals surface area contributed by atoms with Crippen LogP contribution in [0.1, 0.15) is 44.0 Å². The fourth-order valence-electron chi connectivity index (χ4n) is 1.57. The molecule has 0 aliphatic rings. The fraction of sp³-hybridized carbons (Fsp3) is 0.438. The van der Waals surface area contributed by atoms with Crippen LogP contribution in [0.3, 0.4) is 0 Å². The largest absolute Gasteiger partial charge is 0.460 e. The Balaban J connectivity index is 2.21. The SMILES string of the molecule is CC(C)(C)OC(=O)CCCNC(=O)OC(=O)c1ccccc1. The lowest BCUT2D eigenvalue weighted by molar-refractivity contribution is -0.154. The van der Waals surface area contributed by atoms with Crippen molar-refractivity contribution in [2.75, 3.05) is 6.54 Å². The standard InChI is InChI=1S/C16H21NO5/c1-16(2,3)22-13(18)10-7-11-17-15(20)21-14(19)12-8-5-4-6-9-12/h4-6,8-9H,7,10-11H2,1-3H3,(H,17,20). The second-order valence-electron chi connectivity index (χ2n) is 5.66. The van der Waals surface area contributed by atoms with E-state index in [9.17, 15) is 14.4 Å². The van der Waals surface area contributed by atoms with Crippen LogP contribution in [0.4, 0.5) is 4.79 Å². The number of carbonyl (C=O) groups is 3. The van der Waals surface area contributed by atoms with Gasteiger partial charge >= 0.3 is 18.0 Å². The summed E-state index contributed by atoms with van der Waals surface area (Å²) < 4.78 is 9.75. The number of ether oxygens (including phenoxy) is 2. The van der Waals surface area contributed by atoms with Crippen molar-refractivity contribution in [1.82, 2.24) is 5.32 Å². The van der Waals surface area contributed by atoms with E-state index in [2.05, 4.69) is 10.1 Å². The number of amides is 1. The molecule has 0 spiro atoms. The van der Waals surface area contributed by atoms with Gasteiger partial charge in [0.1, 0.15) is 5.60 Å². The maximum Gasteiger partial charge on any atom is 0.415 e. The molecule has 0 atom stereocenters. The normalized spacial score (nSPS) is 10.7. The summed E-state index contributed by atoms with van der Waals surface area (Å²) in [5.74, 6) is -1.05. The van der Waals surface area contributed by atoms with E-state index in [0.717, 1.165) is 0 Å². The smallest absolute Gasteiger partial charge is 0.415 e. The first-order chi connectivity index (χ1) is 10.3. The van der Waals surface area contributed by atoms with E-state index in [1.807, 2.05) is 0 Å². The summed E-state index contributed by atoms with van der Waals surface area (Å²) in [7, 11) is 0. The molecule has 0 aromatic heterocycles. The van der Waals surface area contributed by atoms with Crippen LogP contribution in [0.2, 0.25) is 0 Å². The molecule has 1 amide bonds. The first-order valence-corrected chi connectivity index (χ1v) is 7.05. The van der Waals surface area contributed by atoms with Gasteiger partial charge in [-0.05, 0) is 39.3 Å². The molecule has 0 heterocycles. The van der Waals surface area contributed by atoms with Crippen LogP contribution in [-0.2, 0) is 14.3 Å². The van der Waals surface area contributed by atoms with E-state index in [1.54, 1.807) is 51.1 Å². The minimum atomic E-state index is -0.835. The van der Waals surface area contributed by atoms with Gasteiger partial charge in [-0.3, -0.25) is 4.79 Å². The average molecular weight is 307 g/mol. The topological polar surface area (TPSA) is 81.7 Å². The molecule has 0 aliphatic carbocycles. The van der Waals surface area contributed by atoms with Crippen molar-refractivity contribution in [3.05, 3.63) is 35.9 Å². The van der Waals surface area contributed by atoms with Crippen LogP contribution in [0, 0.1) is 0 Å². The summed E-state index contributed by atoms with van der Waals surface area (Å²) in [6.07, 6.45) is -0.244. The maximum absolute atomic E-state index is 11.6. The minimum absolute atomic E-state index is 0.185. The fourth-order valence-corrected chi connectivity index (χ4v) is 1.57. The monoisotopic (exact) mass is 307 g/mol. The van der Waals surface area contributed by atoms with E-state index in [0.29, 0.717) is 12.0 Å². The predicted octanol–water partition coefficient (Wildman–Crippen LogP) is 2.67. The summed E-state index contributed by atoms with van der Waals surface area (Å²) in [5, 5.41) is 2.41. The molecular formula is C16H21NO5. The lowest BCUT2D eigenvalue weighted by Crippen LogP contribution is -2.29. The number of nitrogens with one attached hydrogen (secondary N) is 1. The quantitative estimate of drug-likeness (QED) is 0.514. The molecule has 0 radical (unpaired) electrons. The Morgan fingerprint density at radius 1 is 1.09 bits per heavy atom. The number of esters is 2. The molecule has 1 aromatic carbocycles. The number of benzene rings is 1. The van der Waals surface area contributed by atoms with Crippen molar-refractivity contribution >= 4 is 18.0 Å². The lowest BCUT2D eigenvalue weighted by atomic mass is 10.2. The van der Waals surface area contributed by atoms with Crippen LogP contribution in [-0.4, -0.2) is 30.2 Å². The first kappa shape index (κ1) is 17.7. The van der Waals surface area contributed by atoms with Gasteiger partial charge in [0, 0.05) is 13.0 Å². The number of rotatable bonds is 5. The number of carbonyl (C=O) groups excluding carboxylic acids is 3. The highest BCUT2D eigenvalue weighted by Crippen LogP contribution is 2.08. The van der Waals surface area contributed by atoms with Crippen molar-refractivity contribution in [3.8, 4) is 0 Å². The molecular weight excluding hydrogens is 286 g/mol. The van der Waals surface area contributed by atoms with E-state index in [4.69, 9.17) is 4.74 Å². The zero-order chi connectivity index (χ0) is 16.6. The van der Waals surface area contributed by atoms with Crippen molar-refractivity contribution in [1.29, 1.82) is 0 Å². The van der Waals surface area contributed by atoms with E-state index < -0.39 is 17.7 Å². The average Bonchev–Trinajstić information content (AvgIpc) is 2.42. The zero-order valence-electron chi connectivity index (χ0n) is 13.0. The highest BCUT2D eigenvalue weighted by molar-refractivity contribution is 5.96. The van der Waals surface area contributed by atoms with Gasteiger partial charge in [0.15, 0.2) is 0 Å². The minimum Gasteiger partial charge on any atom is -0.460 e. The highest BCUT2D eigenvalue weighted by Gasteiger charge is 2.16. The third-order valence-electron chi connectivity index (χ3n) is 2.44. The molecule has 0 unspecified atom stereocenters. The molecule has 0 saturated heterocycles. The Morgan fingerprint density at radius 3 is 2.32 bits per heavy atom. The number of hydrogen-bond acceptors (Lipinski definition) is 5. The maximum atomic E-state index is 11.6. The van der Waals surface area contributed by atoms with Crippen molar-refractivity contribution in [3.63, 3.8) is 0 Å². The van der Waals surface area contributed by atoms with E-state index >= 15 is 0 Å². The third-order valence-corrected chi connectivity index (χ3v) is 2.44. The second-order valence-corrected chi connectivity index (χ2v) is 5.66. The summed E-state index contributed by atoms with van der Waals surface area (Å²) in [6, 6.07) is 8.22. The van der Waals surface area contributed by atoms with Gasteiger partial charge in [-0.25, -0.2) is 9.59 Å². The van der Waals surface area contributed by atoms with Crippen LogP contribution in [0.5, 0.6) is 0 Å². The molecule has 1 aromatic rings. The lowest BCUT2D eigenvalue weighted by Gasteiger charge is -2.19. The number of hydrogen-bond donors (Lipinski definition) is 1. The summed E-state index contributed by atoms with van der Waals surface area (Å²) in [6.45, 7) is 5.58. The molecule has 6 heteroatoms. The Bertz CT molecular complexity index is 519. The Morgan fingerprint density at radius 2 is 1.73 bits per heavy atom. The Labute approximate surface area is 129 Å². The molecule has 0 fully saturated rings. The van der Waals surface area contributed by atoms with E-state index in [-0.39, 0.29) is 18.9 Å². The zero-order valence-corrected chi connectivity index (χ0v) is 13.0. The van der Waals surface area contributed by atoms with Gasteiger partial charge in [-0.1, -0.05) is 18.2 Å². The molecule has 0 bridgehead atoms. The molecule has 1 rings (SSSR count). The summed E-state index contributed by atoms with van der Waals surface area (Å²) >= 11 is 0.